The molecule has 0 aliphatic heterocycles. The monoisotopic (exact) mass is 396 g/mol. The number of hydrogen-bond acceptors (Lipinski definition) is 3. The second-order valence-corrected chi connectivity index (χ2v) is 14.8. The first-order valence-corrected chi connectivity index (χ1v) is 16.6. The van der Waals surface area contributed by atoms with E-state index in [-0.39, 0.29) is 0 Å². The number of carboxylic acids is 1. The minimum atomic E-state index is -1.04. The Labute approximate surface area is 132 Å². The zero-order valence-corrected chi connectivity index (χ0v) is 17.0. The number of unbranched alkanes of at least 4 members (excludes halogenated alkanes) is 7. The fourth-order valence-corrected chi connectivity index (χ4v) is 1.77. The van der Waals surface area contributed by atoms with Crippen LogP contribution in [0.3, 0.4) is 0 Å². The summed E-state index contributed by atoms with van der Waals surface area (Å²) in [4.78, 5) is 17.4. The standard InChI is InChI=1S/C12H24O2S.3CH3.Sn/c1-2-3-4-5-6-7-8-9-10-11(15)12(13)14;;;;/h11,15H,2-10H2,1H3,(H,13,14);3*1H3;/q;;;;+1/p-1. The molecule has 19 heavy (non-hydrogen) atoms. The summed E-state index contributed by atoms with van der Waals surface area (Å²) in [5.74, 6) is -1.04. The van der Waals surface area contributed by atoms with Gasteiger partial charge < -0.3 is 9.90 Å². The summed E-state index contributed by atoms with van der Waals surface area (Å²) in [6.45, 7) is 2.22. The molecule has 1 atom stereocenters. The van der Waals surface area contributed by atoms with Crippen molar-refractivity contribution in [3.63, 3.8) is 0 Å². The molecule has 0 amide bonds. The molecular formula is C15H32O2SSn. The van der Waals surface area contributed by atoms with Gasteiger partial charge in [-0.25, -0.2) is 0 Å². The van der Waals surface area contributed by atoms with E-state index >= 15 is 0 Å². The van der Waals surface area contributed by atoms with E-state index in [1.807, 2.05) is 0 Å². The van der Waals surface area contributed by atoms with Crippen molar-refractivity contribution in [1.29, 1.82) is 0 Å². The molecule has 1 unspecified atom stereocenters. The van der Waals surface area contributed by atoms with Crippen LogP contribution in [0.2, 0.25) is 14.8 Å². The van der Waals surface area contributed by atoms with Crippen molar-refractivity contribution >= 4 is 38.4 Å². The third kappa shape index (κ3) is 24.1. The normalized spacial score (nSPS) is 11.4. The summed E-state index contributed by atoms with van der Waals surface area (Å²) >= 11 is 3.39. The molecule has 0 bridgehead atoms. The third-order valence-corrected chi connectivity index (χ3v) is 3.07. The number of carbonyl (C=O) groups is 1. The summed E-state index contributed by atoms with van der Waals surface area (Å²) in [7, 11) is 0. The Morgan fingerprint density at radius 1 is 1.00 bits per heavy atom. The van der Waals surface area contributed by atoms with Crippen molar-refractivity contribution < 1.29 is 9.90 Å². The van der Waals surface area contributed by atoms with Crippen LogP contribution in [-0.2, 0) is 4.79 Å². The first-order valence-electron chi connectivity index (χ1n) is 7.57. The SMILES string of the molecule is CCCCCCCCCCC(S)C(=O)[O-].[CH3][Sn+]([CH3])[CH3]. The summed E-state index contributed by atoms with van der Waals surface area (Å²) in [6.07, 6.45) is 10.5. The van der Waals surface area contributed by atoms with Crippen LogP contribution >= 0.6 is 12.6 Å². The molecule has 0 saturated heterocycles. The summed E-state index contributed by atoms with van der Waals surface area (Å²) in [5.41, 5.74) is 0. The first-order chi connectivity index (χ1) is 8.91. The molecule has 0 aromatic rings. The Balaban J connectivity index is 0. The summed E-state index contributed by atoms with van der Waals surface area (Å²) in [5, 5.41) is 9.77. The van der Waals surface area contributed by atoms with Crippen LogP contribution in [0.5, 0.6) is 0 Å². The molecule has 0 fully saturated rings. The van der Waals surface area contributed by atoms with Crippen molar-refractivity contribution in [2.45, 2.75) is 84.8 Å². The van der Waals surface area contributed by atoms with Gasteiger partial charge in [0.1, 0.15) is 0 Å². The summed E-state index contributed by atoms with van der Waals surface area (Å²) < 4.78 is 0. The van der Waals surface area contributed by atoms with Gasteiger partial charge in [-0.15, -0.1) is 0 Å². The number of thiol groups is 1. The molecule has 4 heteroatoms. The topological polar surface area (TPSA) is 40.1 Å². The van der Waals surface area contributed by atoms with Gasteiger partial charge in [-0.1, -0.05) is 58.3 Å². The second kappa shape index (κ2) is 16.7. The molecule has 0 N–H and O–H groups in total. The fourth-order valence-electron chi connectivity index (χ4n) is 1.59. The van der Waals surface area contributed by atoms with Crippen LogP contribution < -0.4 is 5.11 Å². The van der Waals surface area contributed by atoms with Crippen LogP contribution in [0, 0.1) is 0 Å². The Bertz CT molecular complexity index is 196. The molecule has 114 valence electrons. The van der Waals surface area contributed by atoms with Gasteiger partial charge in [-0.3, -0.25) is 0 Å². The van der Waals surface area contributed by atoms with E-state index in [2.05, 4.69) is 34.4 Å². The first kappa shape index (κ1) is 21.9. The van der Waals surface area contributed by atoms with Crippen molar-refractivity contribution in [3.05, 3.63) is 0 Å². The Kier molecular flexibility index (Phi) is 19.2. The van der Waals surface area contributed by atoms with Crippen LogP contribution in [0.15, 0.2) is 0 Å². The van der Waals surface area contributed by atoms with Gasteiger partial charge in [-0.2, -0.15) is 12.6 Å². The van der Waals surface area contributed by atoms with E-state index in [1.165, 1.54) is 38.5 Å². The van der Waals surface area contributed by atoms with Crippen molar-refractivity contribution in [1.82, 2.24) is 0 Å². The molecule has 0 aliphatic carbocycles. The molecule has 0 rings (SSSR count). The molecule has 2 nitrogen and oxygen atoms in total. The predicted octanol–water partition coefficient (Wildman–Crippen LogP) is 3.94. The molecule has 0 heterocycles. The molecular weight excluding hydrogens is 363 g/mol. The molecule has 0 spiro atoms. The van der Waals surface area contributed by atoms with Crippen molar-refractivity contribution in [2.24, 2.45) is 0 Å². The van der Waals surface area contributed by atoms with Gasteiger partial charge in [0, 0.05) is 5.25 Å². The quantitative estimate of drug-likeness (QED) is 0.346. The van der Waals surface area contributed by atoms with Crippen molar-refractivity contribution in [3.8, 4) is 0 Å². The fraction of sp³-hybridized carbons (Fsp3) is 0.933. The molecule has 0 aliphatic rings. The van der Waals surface area contributed by atoms with E-state index in [1.54, 1.807) is 0 Å². The van der Waals surface area contributed by atoms with Crippen LogP contribution in [0.4, 0.5) is 0 Å². The zero-order valence-electron chi connectivity index (χ0n) is 13.2. The maximum absolute atomic E-state index is 10.3. The average Bonchev–Trinajstić information content (AvgIpc) is 2.31. The Hall–Kier alpha value is 0.619. The molecule has 0 radical (unpaired) electrons. The van der Waals surface area contributed by atoms with Crippen LogP contribution in [-0.4, -0.2) is 31.0 Å². The van der Waals surface area contributed by atoms with E-state index in [9.17, 15) is 9.90 Å². The van der Waals surface area contributed by atoms with E-state index in [4.69, 9.17) is 0 Å². The van der Waals surface area contributed by atoms with Crippen LogP contribution in [0.25, 0.3) is 0 Å². The average molecular weight is 395 g/mol. The van der Waals surface area contributed by atoms with Crippen molar-refractivity contribution in [2.75, 3.05) is 0 Å². The van der Waals surface area contributed by atoms with E-state index < -0.39 is 31.0 Å². The van der Waals surface area contributed by atoms with Gasteiger partial charge in [0.15, 0.2) is 0 Å². The van der Waals surface area contributed by atoms with Crippen LogP contribution in [0.1, 0.15) is 64.7 Å². The van der Waals surface area contributed by atoms with Gasteiger partial charge in [0.2, 0.25) is 0 Å². The van der Waals surface area contributed by atoms with Gasteiger partial charge in [-0.05, 0) is 6.42 Å². The third-order valence-electron chi connectivity index (χ3n) is 2.60. The number of rotatable bonds is 10. The Morgan fingerprint density at radius 2 is 1.37 bits per heavy atom. The minimum absolute atomic E-state index is 0.543. The van der Waals surface area contributed by atoms with Gasteiger partial charge in [0.05, 0.1) is 5.97 Å². The van der Waals surface area contributed by atoms with Gasteiger partial charge >= 0.3 is 34.6 Å². The van der Waals surface area contributed by atoms with Gasteiger partial charge in [0.25, 0.3) is 0 Å². The number of hydrogen-bond donors (Lipinski definition) is 1. The molecule has 0 aromatic heterocycles. The second-order valence-electron chi connectivity index (χ2n) is 5.60. The number of aliphatic carboxylic acids is 1. The number of carboxylic acid groups (broad SMARTS) is 1. The van der Waals surface area contributed by atoms with E-state index in [0.717, 1.165) is 12.8 Å². The molecule has 0 saturated carbocycles. The van der Waals surface area contributed by atoms with E-state index in [0.29, 0.717) is 6.42 Å². The summed E-state index contributed by atoms with van der Waals surface area (Å²) in [6, 6.07) is 0. The zero-order chi connectivity index (χ0) is 15.1. The predicted molar refractivity (Wildman–Crippen MR) is 88.4 cm³/mol. The number of carbonyl (C=O) groups excluding carboxylic acids is 1. The Morgan fingerprint density at radius 3 is 1.74 bits per heavy atom. The maximum atomic E-state index is 10.3. The molecule has 0 aromatic carbocycles.